The zero-order chi connectivity index (χ0) is 11.4. The van der Waals surface area contributed by atoms with Crippen molar-refractivity contribution in [2.45, 2.75) is 32.1 Å². The van der Waals surface area contributed by atoms with E-state index in [4.69, 9.17) is 0 Å². The van der Waals surface area contributed by atoms with E-state index in [1.54, 1.807) is 6.07 Å². The Morgan fingerprint density at radius 1 is 1.38 bits per heavy atom. The van der Waals surface area contributed by atoms with Crippen molar-refractivity contribution in [3.63, 3.8) is 0 Å². The Balaban J connectivity index is 1.94. The maximum Gasteiger partial charge on any atom is 0.115 e. The molecule has 0 spiro atoms. The van der Waals surface area contributed by atoms with Crippen LogP contribution in [0.4, 0.5) is 0 Å². The standard InChI is InChI=1S/C14H21NO/c1-11(9-12-5-7-15-8-6-12)13-3-2-4-14(16)10-13/h2-4,10-12,15-16H,5-9H2,1H3. The van der Waals surface area contributed by atoms with E-state index in [2.05, 4.69) is 18.3 Å². The van der Waals surface area contributed by atoms with Gasteiger partial charge in [-0.05, 0) is 61.9 Å². The highest BCUT2D eigenvalue weighted by Crippen LogP contribution is 2.29. The van der Waals surface area contributed by atoms with E-state index in [1.165, 1.54) is 24.8 Å². The van der Waals surface area contributed by atoms with Crippen molar-refractivity contribution in [1.82, 2.24) is 5.32 Å². The van der Waals surface area contributed by atoms with Gasteiger partial charge in [0.15, 0.2) is 0 Å². The molecule has 2 rings (SSSR count). The van der Waals surface area contributed by atoms with Gasteiger partial charge in [-0.15, -0.1) is 0 Å². The van der Waals surface area contributed by atoms with E-state index in [-0.39, 0.29) is 0 Å². The zero-order valence-corrected chi connectivity index (χ0v) is 9.95. The number of phenolic OH excluding ortho intramolecular Hbond substituents is 1. The van der Waals surface area contributed by atoms with Gasteiger partial charge >= 0.3 is 0 Å². The van der Waals surface area contributed by atoms with E-state index in [0.717, 1.165) is 19.0 Å². The minimum absolute atomic E-state index is 0.384. The Kier molecular flexibility index (Phi) is 3.83. The summed E-state index contributed by atoms with van der Waals surface area (Å²) in [6, 6.07) is 7.68. The number of hydrogen-bond acceptors (Lipinski definition) is 2. The summed E-state index contributed by atoms with van der Waals surface area (Å²) < 4.78 is 0. The highest BCUT2D eigenvalue weighted by Gasteiger charge is 2.17. The molecule has 1 heterocycles. The highest BCUT2D eigenvalue weighted by molar-refractivity contribution is 5.29. The Morgan fingerprint density at radius 3 is 2.81 bits per heavy atom. The van der Waals surface area contributed by atoms with E-state index in [1.807, 2.05) is 12.1 Å². The lowest BCUT2D eigenvalue weighted by Crippen LogP contribution is -2.28. The van der Waals surface area contributed by atoms with Crippen LogP contribution in [0.2, 0.25) is 0 Å². The summed E-state index contributed by atoms with van der Waals surface area (Å²) >= 11 is 0. The number of aromatic hydroxyl groups is 1. The van der Waals surface area contributed by atoms with Crippen LogP contribution in [0.15, 0.2) is 24.3 Å². The molecule has 88 valence electrons. The Hall–Kier alpha value is -1.02. The second-order valence-electron chi connectivity index (χ2n) is 4.93. The summed E-state index contributed by atoms with van der Waals surface area (Å²) in [5, 5.41) is 12.9. The highest BCUT2D eigenvalue weighted by atomic mass is 16.3. The molecular formula is C14H21NO. The summed E-state index contributed by atoms with van der Waals surface area (Å²) in [7, 11) is 0. The molecule has 1 aromatic rings. The van der Waals surface area contributed by atoms with Gasteiger partial charge in [0.25, 0.3) is 0 Å². The van der Waals surface area contributed by atoms with Gasteiger partial charge in [0.05, 0.1) is 0 Å². The number of benzene rings is 1. The maximum absolute atomic E-state index is 9.46. The van der Waals surface area contributed by atoms with Gasteiger partial charge in [0.2, 0.25) is 0 Å². The van der Waals surface area contributed by atoms with Gasteiger partial charge in [-0.3, -0.25) is 0 Å². The monoisotopic (exact) mass is 219 g/mol. The van der Waals surface area contributed by atoms with Gasteiger partial charge in [0.1, 0.15) is 5.75 Å². The first-order chi connectivity index (χ1) is 7.75. The predicted molar refractivity (Wildman–Crippen MR) is 66.7 cm³/mol. The minimum atomic E-state index is 0.384. The summed E-state index contributed by atoms with van der Waals surface area (Å²) in [6.45, 7) is 4.59. The van der Waals surface area contributed by atoms with Crippen molar-refractivity contribution in [2.75, 3.05) is 13.1 Å². The minimum Gasteiger partial charge on any atom is -0.508 e. The number of piperidine rings is 1. The molecule has 0 saturated carbocycles. The second kappa shape index (κ2) is 5.35. The molecule has 1 saturated heterocycles. The molecule has 1 aliphatic rings. The molecule has 0 aliphatic carbocycles. The molecule has 0 bridgehead atoms. The van der Waals surface area contributed by atoms with Crippen LogP contribution in [-0.2, 0) is 0 Å². The fraction of sp³-hybridized carbons (Fsp3) is 0.571. The van der Waals surface area contributed by atoms with Crippen molar-refractivity contribution in [3.8, 4) is 5.75 Å². The molecule has 2 N–H and O–H groups in total. The third-order valence-corrected chi connectivity index (χ3v) is 3.58. The molecule has 0 radical (unpaired) electrons. The van der Waals surface area contributed by atoms with Gasteiger partial charge in [-0.2, -0.15) is 0 Å². The molecule has 0 amide bonds. The molecule has 1 aromatic carbocycles. The van der Waals surface area contributed by atoms with Gasteiger partial charge in [0, 0.05) is 0 Å². The summed E-state index contributed by atoms with van der Waals surface area (Å²) in [4.78, 5) is 0. The Bertz CT molecular complexity index is 331. The molecule has 1 atom stereocenters. The molecule has 0 aromatic heterocycles. The lowest BCUT2D eigenvalue weighted by molar-refractivity contribution is 0.336. The first-order valence-corrected chi connectivity index (χ1v) is 6.25. The molecule has 2 nitrogen and oxygen atoms in total. The second-order valence-corrected chi connectivity index (χ2v) is 4.93. The van der Waals surface area contributed by atoms with Crippen LogP contribution in [-0.4, -0.2) is 18.2 Å². The van der Waals surface area contributed by atoms with E-state index in [0.29, 0.717) is 11.7 Å². The third kappa shape index (κ3) is 2.99. The van der Waals surface area contributed by atoms with Gasteiger partial charge in [-0.25, -0.2) is 0 Å². The Labute approximate surface area is 97.7 Å². The molecule has 1 fully saturated rings. The number of nitrogens with one attached hydrogen (secondary N) is 1. The average Bonchev–Trinajstić information content (AvgIpc) is 2.30. The van der Waals surface area contributed by atoms with Crippen LogP contribution in [0.25, 0.3) is 0 Å². The summed E-state index contributed by atoms with van der Waals surface area (Å²) in [6.07, 6.45) is 3.83. The molecular weight excluding hydrogens is 198 g/mol. The largest absolute Gasteiger partial charge is 0.508 e. The maximum atomic E-state index is 9.46. The third-order valence-electron chi connectivity index (χ3n) is 3.58. The van der Waals surface area contributed by atoms with Crippen LogP contribution in [0.1, 0.15) is 37.7 Å². The smallest absolute Gasteiger partial charge is 0.115 e. The topological polar surface area (TPSA) is 32.3 Å². The zero-order valence-electron chi connectivity index (χ0n) is 9.95. The van der Waals surface area contributed by atoms with Crippen LogP contribution in [0.5, 0.6) is 5.75 Å². The normalized spacial score (nSPS) is 19.6. The average molecular weight is 219 g/mol. The van der Waals surface area contributed by atoms with E-state index in [9.17, 15) is 5.11 Å². The number of rotatable bonds is 3. The molecule has 1 aliphatic heterocycles. The van der Waals surface area contributed by atoms with Crippen molar-refractivity contribution in [3.05, 3.63) is 29.8 Å². The van der Waals surface area contributed by atoms with Gasteiger partial charge in [-0.1, -0.05) is 19.1 Å². The van der Waals surface area contributed by atoms with Crippen LogP contribution in [0, 0.1) is 5.92 Å². The number of phenols is 1. The SMILES string of the molecule is CC(CC1CCNCC1)c1cccc(O)c1. The van der Waals surface area contributed by atoms with Crippen molar-refractivity contribution < 1.29 is 5.11 Å². The van der Waals surface area contributed by atoms with E-state index < -0.39 is 0 Å². The van der Waals surface area contributed by atoms with Crippen molar-refractivity contribution in [1.29, 1.82) is 0 Å². The van der Waals surface area contributed by atoms with E-state index >= 15 is 0 Å². The van der Waals surface area contributed by atoms with Crippen LogP contribution < -0.4 is 5.32 Å². The Morgan fingerprint density at radius 2 is 2.12 bits per heavy atom. The first-order valence-electron chi connectivity index (χ1n) is 6.25. The van der Waals surface area contributed by atoms with Crippen LogP contribution >= 0.6 is 0 Å². The predicted octanol–water partition coefficient (Wildman–Crippen LogP) is 2.89. The van der Waals surface area contributed by atoms with Gasteiger partial charge < -0.3 is 10.4 Å². The van der Waals surface area contributed by atoms with Crippen LogP contribution in [0.3, 0.4) is 0 Å². The lowest BCUT2D eigenvalue weighted by Gasteiger charge is -2.25. The fourth-order valence-corrected chi connectivity index (χ4v) is 2.58. The first kappa shape index (κ1) is 11.5. The fourth-order valence-electron chi connectivity index (χ4n) is 2.58. The summed E-state index contributed by atoms with van der Waals surface area (Å²) in [5.74, 6) is 1.78. The summed E-state index contributed by atoms with van der Waals surface area (Å²) in [5.41, 5.74) is 1.26. The van der Waals surface area contributed by atoms with Crippen molar-refractivity contribution >= 4 is 0 Å². The quantitative estimate of drug-likeness (QED) is 0.819. The number of hydrogen-bond donors (Lipinski definition) is 2. The molecule has 16 heavy (non-hydrogen) atoms. The molecule has 2 heteroatoms. The molecule has 1 unspecified atom stereocenters. The van der Waals surface area contributed by atoms with Crippen molar-refractivity contribution in [2.24, 2.45) is 5.92 Å². The lowest BCUT2D eigenvalue weighted by atomic mass is 9.85.